The van der Waals surface area contributed by atoms with Gasteiger partial charge >= 0.3 is 0 Å². The van der Waals surface area contributed by atoms with Crippen molar-refractivity contribution in [3.8, 4) is 0 Å². The number of nitrogens with one attached hydrogen (secondary N) is 1. The van der Waals surface area contributed by atoms with Crippen molar-refractivity contribution in [1.82, 2.24) is 0 Å². The highest BCUT2D eigenvalue weighted by Gasteiger charge is 2.15. The molecule has 0 aromatic heterocycles. The predicted octanol–water partition coefficient (Wildman–Crippen LogP) is 3.95. The zero-order valence-corrected chi connectivity index (χ0v) is 11.3. The van der Waals surface area contributed by atoms with Crippen LogP contribution in [0.5, 0.6) is 0 Å². The van der Waals surface area contributed by atoms with Crippen molar-refractivity contribution in [2.24, 2.45) is 5.41 Å². The van der Waals surface area contributed by atoms with Crippen molar-refractivity contribution in [2.75, 3.05) is 5.32 Å². The van der Waals surface area contributed by atoms with Crippen LogP contribution in [0.2, 0.25) is 0 Å². The number of amides is 1. The fourth-order valence-corrected chi connectivity index (χ4v) is 1.24. The Balaban J connectivity index is 2.68. The summed E-state index contributed by atoms with van der Waals surface area (Å²) in [5.74, 6) is -0.118. The molecule has 1 amide bonds. The van der Waals surface area contributed by atoms with Crippen LogP contribution in [0.4, 0.5) is 5.69 Å². The van der Waals surface area contributed by atoms with Crippen LogP contribution in [0.3, 0.4) is 0 Å². The van der Waals surface area contributed by atoms with Crippen molar-refractivity contribution >= 4 is 27.5 Å². The molecule has 0 aliphatic rings. The van der Waals surface area contributed by atoms with Crippen LogP contribution in [0.15, 0.2) is 40.9 Å². The Hall–Kier alpha value is -1.09. The molecule has 0 saturated carbocycles. The highest BCUT2D eigenvalue weighted by Crippen LogP contribution is 2.29. The summed E-state index contributed by atoms with van der Waals surface area (Å²) in [7, 11) is 0. The maximum Gasteiger partial charge on any atom is 0.249 e. The van der Waals surface area contributed by atoms with Gasteiger partial charge in [0.2, 0.25) is 5.91 Å². The molecule has 1 aromatic carbocycles. The van der Waals surface area contributed by atoms with Crippen LogP contribution in [0.25, 0.3) is 0 Å². The van der Waals surface area contributed by atoms with E-state index in [-0.39, 0.29) is 11.3 Å². The van der Waals surface area contributed by atoms with Gasteiger partial charge in [-0.1, -0.05) is 54.9 Å². The molecule has 0 saturated heterocycles. The molecule has 3 heteroatoms. The number of hydrogen-bond donors (Lipinski definition) is 1. The van der Waals surface area contributed by atoms with Gasteiger partial charge in [0.25, 0.3) is 0 Å². The molecule has 1 N–H and O–H groups in total. The molecule has 0 spiro atoms. The number of para-hydroxylation sites is 1. The third-order valence-electron chi connectivity index (χ3n) is 2.02. The van der Waals surface area contributed by atoms with E-state index in [1.807, 2.05) is 51.1 Å². The van der Waals surface area contributed by atoms with Gasteiger partial charge in [-0.25, -0.2) is 0 Å². The molecule has 0 bridgehead atoms. The molecular formula is C13H16BrNO. The molecule has 86 valence electrons. The summed E-state index contributed by atoms with van der Waals surface area (Å²) in [5, 5.41) is 2.80. The first-order chi connectivity index (χ1) is 7.39. The van der Waals surface area contributed by atoms with E-state index in [4.69, 9.17) is 0 Å². The van der Waals surface area contributed by atoms with Crippen molar-refractivity contribution in [2.45, 2.75) is 20.8 Å². The van der Waals surface area contributed by atoms with E-state index in [0.717, 1.165) is 10.2 Å². The molecule has 2 nitrogen and oxygen atoms in total. The van der Waals surface area contributed by atoms with Gasteiger partial charge in [0.1, 0.15) is 0 Å². The second kappa shape index (κ2) is 5.30. The van der Waals surface area contributed by atoms with E-state index in [1.54, 1.807) is 6.08 Å². The minimum atomic E-state index is -0.118. The maximum absolute atomic E-state index is 11.7. The van der Waals surface area contributed by atoms with E-state index >= 15 is 0 Å². The fourth-order valence-electron chi connectivity index (χ4n) is 1.03. The smallest absolute Gasteiger partial charge is 0.249 e. The van der Waals surface area contributed by atoms with Crippen LogP contribution in [-0.4, -0.2) is 5.91 Å². The molecule has 0 fully saturated rings. The zero-order valence-electron chi connectivity index (χ0n) is 9.75. The first kappa shape index (κ1) is 13.0. The minimum Gasteiger partial charge on any atom is -0.322 e. The molecule has 0 radical (unpaired) electrons. The predicted molar refractivity (Wildman–Crippen MR) is 71.5 cm³/mol. The molecule has 1 aromatic rings. The number of halogens is 1. The average Bonchev–Trinajstić information content (AvgIpc) is 2.17. The van der Waals surface area contributed by atoms with Gasteiger partial charge in [-0.15, -0.1) is 0 Å². The lowest BCUT2D eigenvalue weighted by Gasteiger charge is -2.17. The number of carbonyl (C=O) groups excluding carboxylic acids is 1. The maximum atomic E-state index is 11.7. The Bertz CT molecular complexity index is 390. The van der Waals surface area contributed by atoms with Crippen LogP contribution in [0, 0.1) is 5.41 Å². The quantitative estimate of drug-likeness (QED) is 0.817. The molecular weight excluding hydrogens is 266 g/mol. The number of anilines is 1. The third kappa shape index (κ3) is 4.19. The van der Waals surface area contributed by atoms with Gasteiger partial charge in [0.15, 0.2) is 0 Å². The first-order valence-corrected chi connectivity index (χ1v) is 5.92. The Kier molecular flexibility index (Phi) is 4.30. The summed E-state index contributed by atoms with van der Waals surface area (Å²) in [6, 6.07) is 9.40. The monoisotopic (exact) mass is 281 g/mol. The highest BCUT2D eigenvalue weighted by atomic mass is 79.9. The molecule has 0 aliphatic carbocycles. The summed E-state index contributed by atoms with van der Waals surface area (Å²) in [6.45, 7) is 6.14. The Morgan fingerprint density at radius 1 is 1.25 bits per heavy atom. The third-order valence-corrected chi connectivity index (χ3v) is 3.43. The lowest BCUT2D eigenvalue weighted by molar-refractivity contribution is -0.112. The fraction of sp³-hybridized carbons (Fsp3) is 0.308. The van der Waals surface area contributed by atoms with Crippen LogP contribution in [0.1, 0.15) is 20.8 Å². The van der Waals surface area contributed by atoms with Gasteiger partial charge < -0.3 is 5.32 Å². The number of rotatable bonds is 2. The van der Waals surface area contributed by atoms with E-state index < -0.39 is 0 Å². The van der Waals surface area contributed by atoms with Crippen LogP contribution >= 0.6 is 15.9 Å². The SMILES string of the molecule is CC(C)(C)/C(Br)=C/C(=O)Nc1ccccc1. The number of hydrogen-bond acceptors (Lipinski definition) is 1. The zero-order chi connectivity index (χ0) is 12.2. The lowest BCUT2D eigenvalue weighted by atomic mass is 9.96. The average molecular weight is 282 g/mol. The van der Waals surface area contributed by atoms with Gasteiger partial charge in [-0.2, -0.15) is 0 Å². The summed E-state index contributed by atoms with van der Waals surface area (Å²) in [6.07, 6.45) is 1.58. The van der Waals surface area contributed by atoms with Crippen molar-refractivity contribution in [3.63, 3.8) is 0 Å². The molecule has 0 aliphatic heterocycles. The number of allylic oxidation sites excluding steroid dienone is 1. The van der Waals surface area contributed by atoms with E-state index in [0.29, 0.717) is 0 Å². The Labute approximate surface area is 105 Å². The van der Waals surface area contributed by atoms with Crippen LogP contribution < -0.4 is 5.32 Å². The van der Waals surface area contributed by atoms with E-state index in [9.17, 15) is 4.79 Å². The van der Waals surface area contributed by atoms with E-state index in [2.05, 4.69) is 21.2 Å². The molecule has 16 heavy (non-hydrogen) atoms. The Morgan fingerprint density at radius 2 is 1.81 bits per heavy atom. The topological polar surface area (TPSA) is 29.1 Å². The van der Waals surface area contributed by atoms with Gasteiger partial charge in [0, 0.05) is 16.2 Å². The lowest BCUT2D eigenvalue weighted by Crippen LogP contribution is -2.12. The largest absolute Gasteiger partial charge is 0.322 e. The van der Waals surface area contributed by atoms with Crippen molar-refractivity contribution in [1.29, 1.82) is 0 Å². The molecule has 0 heterocycles. The van der Waals surface area contributed by atoms with Crippen molar-refractivity contribution < 1.29 is 4.79 Å². The number of benzene rings is 1. The molecule has 1 rings (SSSR count). The summed E-state index contributed by atoms with van der Waals surface area (Å²) in [5.41, 5.74) is 0.756. The standard InChI is InChI=1S/C13H16BrNO/c1-13(2,3)11(14)9-12(16)15-10-7-5-4-6-8-10/h4-9H,1-3H3,(H,15,16)/b11-9-. The second-order valence-corrected chi connectivity index (χ2v) is 5.45. The van der Waals surface area contributed by atoms with Gasteiger partial charge in [-0.3, -0.25) is 4.79 Å². The van der Waals surface area contributed by atoms with Crippen molar-refractivity contribution in [3.05, 3.63) is 40.9 Å². The summed E-state index contributed by atoms with van der Waals surface area (Å²) in [4.78, 5) is 11.7. The normalized spacial score (nSPS) is 12.4. The van der Waals surface area contributed by atoms with Crippen LogP contribution in [-0.2, 0) is 4.79 Å². The van der Waals surface area contributed by atoms with E-state index in [1.165, 1.54) is 0 Å². The molecule has 0 atom stereocenters. The van der Waals surface area contributed by atoms with Gasteiger partial charge in [-0.05, 0) is 17.5 Å². The summed E-state index contributed by atoms with van der Waals surface area (Å²) < 4.78 is 0.883. The summed E-state index contributed by atoms with van der Waals surface area (Å²) >= 11 is 3.41. The first-order valence-electron chi connectivity index (χ1n) is 5.13. The Morgan fingerprint density at radius 3 is 2.31 bits per heavy atom. The minimum absolute atomic E-state index is 0.0476. The molecule has 0 unspecified atom stereocenters. The second-order valence-electron chi connectivity index (χ2n) is 4.60. The highest BCUT2D eigenvalue weighted by molar-refractivity contribution is 9.11. The number of carbonyl (C=O) groups is 1. The van der Waals surface area contributed by atoms with Gasteiger partial charge in [0.05, 0.1) is 0 Å².